The summed E-state index contributed by atoms with van der Waals surface area (Å²) in [5.41, 5.74) is 0.981. The lowest BCUT2D eigenvalue weighted by atomic mass is 10.1. The van der Waals surface area contributed by atoms with Crippen molar-refractivity contribution in [3.8, 4) is 0 Å². The predicted octanol–water partition coefficient (Wildman–Crippen LogP) is 2.26. The average Bonchev–Trinajstić information content (AvgIpc) is 2.41. The normalized spacial score (nSPS) is 10.5. The van der Waals surface area contributed by atoms with E-state index in [4.69, 9.17) is 5.11 Å². The zero-order chi connectivity index (χ0) is 14.7. The molecular formula is C14H13BrN2O3. The fourth-order valence-corrected chi connectivity index (χ4v) is 2.11. The average molecular weight is 337 g/mol. The van der Waals surface area contributed by atoms with Crippen LogP contribution in [0.15, 0.2) is 39.6 Å². The SMILES string of the molecule is Cc1nn(CCc2ccc(Br)cc2)c(=O)cc1C(=O)O. The van der Waals surface area contributed by atoms with E-state index in [1.54, 1.807) is 6.92 Å². The first kappa shape index (κ1) is 14.5. The van der Waals surface area contributed by atoms with Gasteiger partial charge in [0, 0.05) is 17.1 Å². The molecular weight excluding hydrogens is 324 g/mol. The molecule has 0 saturated carbocycles. The van der Waals surface area contributed by atoms with Crippen LogP contribution in [0.3, 0.4) is 0 Å². The van der Waals surface area contributed by atoms with Crippen molar-refractivity contribution in [3.05, 3.63) is 62.0 Å². The summed E-state index contributed by atoms with van der Waals surface area (Å²) in [6.45, 7) is 2.00. The molecule has 0 spiro atoms. The lowest BCUT2D eigenvalue weighted by molar-refractivity contribution is 0.0695. The molecule has 0 fully saturated rings. The van der Waals surface area contributed by atoms with E-state index in [0.717, 1.165) is 16.1 Å². The number of aryl methyl sites for hydroxylation is 3. The number of nitrogens with zero attached hydrogens (tertiary/aromatic N) is 2. The van der Waals surface area contributed by atoms with Crippen LogP contribution in [0.1, 0.15) is 21.6 Å². The molecule has 0 bridgehead atoms. The highest BCUT2D eigenvalue weighted by Crippen LogP contribution is 2.11. The van der Waals surface area contributed by atoms with E-state index in [0.29, 0.717) is 18.7 Å². The van der Waals surface area contributed by atoms with E-state index in [2.05, 4.69) is 21.0 Å². The summed E-state index contributed by atoms with van der Waals surface area (Å²) in [4.78, 5) is 22.7. The molecule has 5 nitrogen and oxygen atoms in total. The Kier molecular flexibility index (Phi) is 4.34. The van der Waals surface area contributed by atoms with Crippen molar-refractivity contribution in [3.63, 3.8) is 0 Å². The summed E-state index contributed by atoms with van der Waals surface area (Å²) < 4.78 is 2.29. The molecule has 1 heterocycles. The molecule has 0 radical (unpaired) electrons. The second-order valence-corrected chi connectivity index (χ2v) is 5.30. The van der Waals surface area contributed by atoms with E-state index >= 15 is 0 Å². The highest BCUT2D eigenvalue weighted by atomic mass is 79.9. The van der Waals surface area contributed by atoms with Crippen LogP contribution in [0.25, 0.3) is 0 Å². The molecule has 2 rings (SSSR count). The van der Waals surface area contributed by atoms with E-state index in [1.165, 1.54) is 4.68 Å². The third-order valence-electron chi connectivity index (χ3n) is 2.94. The number of halogens is 1. The minimum Gasteiger partial charge on any atom is -0.478 e. The Morgan fingerprint density at radius 3 is 2.60 bits per heavy atom. The number of aromatic carboxylic acids is 1. The van der Waals surface area contributed by atoms with Crippen LogP contribution in [0.4, 0.5) is 0 Å². The second-order valence-electron chi connectivity index (χ2n) is 4.39. The van der Waals surface area contributed by atoms with E-state index < -0.39 is 11.5 Å². The van der Waals surface area contributed by atoms with Crippen molar-refractivity contribution < 1.29 is 9.90 Å². The van der Waals surface area contributed by atoms with Crippen LogP contribution in [0.5, 0.6) is 0 Å². The van der Waals surface area contributed by atoms with Gasteiger partial charge in [-0.05, 0) is 31.0 Å². The molecule has 0 amide bonds. The van der Waals surface area contributed by atoms with Gasteiger partial charge in [-0.1, -0.05) is 28.1 Å². The van der Waals surface area contributed by atoms with Crippen LogP contribution in [-0.4, -0.2) is 20.9 Å². The first-order chi connectivity index (χ1) is 9.47. The van der Waals surface area contributed by atoms with Gasteiger partial charge in [0.2, 0.25) is 0 Å². The van der Waals surface area contributed by atoms with Gasteiger partial charge in [-0.3, -0.25) is 4.79 Å². The predicted molar refractivity (Wildman–Crippen MR) is 78.0 cm³/mol. The fourth-order valence-electron chi connectivity index (χ4n) is 1.85. The minimum atomic E-state index is -1.13. The van der Waals surface area contributed by atoms with Crippen LogP contribution in [0.2, 0.25) is 0 Å². The van der Waals surface area contributed by atoms with Gasteiger partial charge in [-0.25, -0.2) is 9.48 Å². The summed E-state index contributed by atoms with van der Waals surface area (Å²) in [5.74, 6) is -1.13. The molecule has 0 unspecified atom stereocenters. The quantitative estimate of drug-likeness (QED) is 0.929. The first-order valence-corrected chi connectivity index (χ1v) is 6.83. The third-order valence-corrected chi connectivity index (χ3v) is 3.47. The van der Waals surface area contributed by atoms with Gasteiger partial charge >= 0.3 is 5.97 Å². The molecule has 0 aliphatic heterocycles. The van der Waals surface area contributed by atoms with Crippen LogP contribution in [-0.2, 0) is 13.0 Å². The Labute approximate surface area is 124 Å². The molecule has 1 aromatic heterocycles. The molecule has 104 valence electrons. The van der Waals surface area contributed by atoms with Crippen molar-refractivity contribution in [2.75, 3.05) is 0 Å². The number of hydrogen-bond donors (Lipinski definition) is 1. The Hall–Kier alpha value is -1.95. The van der Waals surface area contributed by atoms with E-state index in [9.17, 15) is 9.59 Å². The number of carboxylic acid groups (broad SMARTS) is 1. The molecule has 0 aliphatic carbocycles. The molecule has 0 saturated heterocycles. The lowest BCUT2D eigenvalue weighted by Crippen LogP contribution is -2.26. The smallest absolute Gasteiger partial charge is 0.337 e. The van der Waals surface area contributed by atoms with Crippen LogP contribution >= 0.6 is 15.9 Å². The van der Waals surface area contributed by atoms with E-state index in [1.807, 2.05) is 24.3 Å². The summed E-state index contributed by atoms with van der Waals surface area (Å²) in [6.07, 6.45) is 0.659. The largest absolute Gasteiger partial charge is 0.478 e. The molecule has 0 atom stereocenters. The number of hydrogen-bond acceptors (Lipinski definition) is 3. The highest BCUT2D eigenvalue weighted by molar-refractivity contribution is 9.10. The van der Waals surface area contributed by atoms with Gasteiger partial charge in [0.25, 0.3) is 5.56 Å². The van der Waals surface area contributed by atoms with Crippen molar-refractivity contribution in [1.82, 2.24) is 9.78 Å². The Bertz CT molecular complexity index is 693. The monoisotopic (exact) mass is 336 g/mol. The number of rotatable bonds is 4. The maximum absolute atomic E-state index is 11.8. The van der Waals surface area contributed by atoms with Gasteiger partial charge in [-0.15, -0.1) is 0 Å². The third kappa shape index (κ3) is 3.33. The zero-order valence-corrected chi connectivity index (χ0v) is 12.4. The van der Waals surface area contributed by atoms with E-state index in [-0.39, 0.29) is 5.56 Å². The van der Waals surface area contributed by atoms with Crippen LogP contribution in [0, 0.1) is 6.92 Å². The summed E-state index contributed by atoms with van der Waals surface area (Å²) in [5, 5.41) is 13.0. The summed E-state index contributed by atoms with van der Waals surface area (Å²) in [6, 6.07) is 8.92. The zero-order valence-electron chi connectivity index (χ0n) is 10.8. The molecule has 6 heteroatoms. The van der Waals surface area contributed by atoms with Crippen molar-refractivity contribution in [2.45, 2.75) is 19.9 Å². The van der Waals surface area contributed by atoms with Gasteiger partial charge < -0.3 is 5.11 Å². The summed E-state index contributed by atoms with van der Waals surface area (Å²) in [7, 11) is 0. The Morgan fingerprint density at radius 2 is 2.00 bits per heavy atom. The van der Waals surface area contributed by atoms with Gasteiger partial charge in [0.15, 0.2) is 0 Å². The molecule has 1 aromatic carbocycles. The van der Waals surface area contributed by atoms with Crippen molar-refractivity contribution in [1.29, 1.82) is 0 Å². The highest BCUT2D eigenvalue weighted by Gasteiger charge is 2.11. The maximum atomic E-state index is 11.8. The van der Waals surface area contributed by atoms with Gasteiger partial charge in [0.05, 0.1) is 11.3 Å². The number of aromatic nitrogens is 2. The maximum Gasteiger partial charge on any atom is 0.337 e. The molecule has 2 aromatic rings. The first-order valence-electron chi connectivity index (χ1n) is 6.04. The Balaban J connectivity index is 2.18. The molecule has 0 aliphatic rings. The standard InChI is InChI=1S/C14H13BrN2O3/c1-9-12(14(19)20)8-13(18)17(16-9)7-6-10-2-4-11(15)5-3-10/h2-5,8H,6-7H2,1H3,(H,19,20). The summed E-state index contributed by atoms with van der Waals surface area (Å²) >= 11 is 3.36. The van der Waals surface area contributed by atoms with Gasteiger partial charge in [-0.2, -0.15) is 5.10 Å². The fraction of sp³-hybridized carbons (Fsp3) is 0.214. The van der Waals surface area contributed by atoms with Crippen molar-refractivity contribution >= 4 is 21.9 Å². The van der Waals surface area contributed by atoms with Gasteiger partial charge in [0.1, 0.15) is 0 Å². The second kappa shape index (κ2) is 6.00. The van der Waals surface area contributed by atoms with Crippen molar-refractivity contribution in [2.24, 2.45) is 0 Å². The lowest BCUT2D eigenvalue weighted by Gasteiger charge is -2.07. The minimum absolute atomic E-state index is 0.0464. The van der Waals surface area contributed by atoms with Crippen LogP contribution < -0.4 is 5.56 Å². The topological polar surface area (TPSA) is 72.2 Å². The number of carboxylic acids is 1. The molecule has 1 N–H and O–H groups in total. The molecule has 20 heavy (non-hydrogen) atoms. The number of benzene rings is 1. The Morgan fingerprint density at radius 1 is 1.35 bits per heavy atom. The number of carbonyl (C=O) groups is 1.